The summed E-state index contributed by atoms with van der Waals surface area (Å²) in [7, 11) is 0. The lowest BCUT2D eigenvalue weighted by Crippen LogP contribution is -2.16. The zero-order chi connectivity index (χ0) is 47.9. The molecule has 0 heterocycles. The van der Waals surface area contributed by atoms with Crippen LogP contribution in [0.15, 0.2) is 127 Å². The molecule has 0 atom stereocenters. The lowest BCUT2D eigenvalue weighted by atomic mass is 9.76. The molecule has 0 saturated heterocycles. The van der Waals surface area contributed by atoms with Crippen LogP contribution in [-0.2, 0) is 27.1 Å². The fourth-order valence-corrected chi connectivity index (χ4v) is 12.0. The first-order valence-electron chi connectivity index (χ1n) is 25.2. The van der Waals surface area contributed by atoms with Crippen LogP contribution in [0, 0.1) is 0 Å². The Morgan fingerprint density at radius 1 is 0.221 bits per heavy atom. The highest BCUT2D eigenvalue weighted by Crippen LogP contribution is 2.57. The van der Waals surface area contributed by atoms with Crippen molar-refractivity contribution in [3.63, 3.8) is 0 Å². The minimum atomic E-state index is -0.0581. The van der Waals surface area contributed by atoms with Gasteiger partial charge in [0.05, 0.1) is 0 Å². The van der Waals surface area contributed by atoms with E-state index in [1.54, 1.807) is 0 Å². The van der Waals surface area contributed by atoms with Crippen LogP contribution in [-0.4, -0.2) is 0 Å². The average Bonchev–Trinajstić information content (AvgIpc) is 3.77. The van der Waals surface area contributed by atoms with Crippen LogP contribution in [0.4, 0.5) is 0 Å². The lowest BCUT2D eigenvalue weighted by Gasteiger charge is -2.28. The number of hydrogen-bond acceptors (Lipinski definition) is 0. The van der Waals surface area contributed by atoms with E-state index in [1.165, 1.54) is 147 Å². The van der Waals surface area contributed by atoms with Gasteiger partial charge in [0, 0.05) is 0 Å². The second kappa shape index (κ2) is 13.7. The molecular formula is C68H66. The van der Waals surface area contributed by atoms with Crippen LogP contribution in [0.5, 0.6) is 0 Å². The summed E-state index contributed by atoms with van der Waals surface area (Å²) in [6.07, 6.45) is 0. The van der Waals surface area contributed by atoms with Gasteiger partial charge >= 0.3 is 0 Å². The maximum Gasteiger partial charge on any atom is -0.000717 e. The Morgan fingerprint density at radius 2 is 0.662 bits per heavy atom. The van der Waals surface area contributed by atoms with Crippen molar-refractivity contribution in [2.45, 2.75) is 131 Å². The third kappa shape index (κ3) is 6.18. The molecule has 0 nitrogen and oxygen atoms in total. The van der Waals surface area contributed by atoms with E-state index in [1.807, 2.05) is 0 Å². The predicted octanol–water partition coefficient (Wildman–Crippen LogP) is 20.2. The largest absolute Gasteiger partial charge is 0.0616 e. The molecule has 0 spiro atoms. The summed E-state index contributed by atoms with van der Waals surface area (Å²) in [5, 5.41) is 24.3. The summed E-state index contributed by atoms with van der Waals surface area (Å²) in [6, 6.07) is 51.3. The van der Waals surface area contributed by atoms with Gasteiger partial charge in [-0.05, 0) is 186 Å². The number of fused-ring (bicyclic) bond motifs is 8. The molecular weight excluding hydrogens is 817 g/mol. The molecule has 12 rings (SSSR count). The van der Waals surface area contributed by atoms with Crippen molar-refractivity contribution in [1.29, 1.82) is 0 Å². The molecule has 0 heteroatoms. The van der Waals surface area contributed by atoms with Gasteiger partial charge in [-0.3, -0.25) is 0 Å². The van der Waals surface area contributed by atoms with E-state index in [9.17, 15) is 0 Å². The molecule has 0 radical (unpaired) electrons. The molecule has 0 fully saturated rings. The summed E-state index contributed by atoms with van der Waals surface area (Å²) in [6.45, 7) is 35.6. The Hall–Kier alpha value is -6.24. The van der Waals surface area contributed by atoms with Crippen LogP contribution >= 0.6 is 0 Å². The molecule has 0 aliphatic carbocycles. The molecule has 12 aromatic rings. The monoisotopic (exact) mass is 883 g/mol. The first-order chi connectivity index (χ1) is 31.9. The predicted molar refractivity (Wildman–Crippen MR) is 302 cm³/mol. The number of rotatable bonds is 2. The standard InChI is InChI=1S/C68H66/c1-64(2,3)42-27-38-24-23-37-25-26-51-61-53(33-41(32-42)55(38)57(37)61)63-56(39-28-43(65(4,5)6)34-44(29-39)66(7,8)9)54-36-52-48-20-17-16-19-47(48)49-21-18-22-50(59(49)52)60(54)58(62(51)63)40-30-45(67(10,11)12)35-46(31-40)68(13,14)15/h16-36H,1-15H3. The summed E-state index contributed by atoms with van der Waals surface area (Å²) in [5.41, 5.74) is 12.0. The summed E-state index contributed by atoms with van der Waals surface area (Å²) < 4.78 is 0. The fraction of sp³-hybridized carbons (Fsp3) is 0.294. The van der Waals surface area contributed by atoms with Gasteiger partial charge in [0.15, 0.2) is 0 Å². The Bertz CT molecular complexity index is 3990. The number of hydrogen-bond donors (Lipinski definition) is 0. The SMILES string of the molecule is CC(C)(C)c1cc(-c2c3cc4c5ccccc5c5cccc(c3c(-c3cc(C(C)(C)C)cc(C(C)(C)C)c3)c3c6ccc7ccc8cc(C(C)(C)C)cc9cc(c23)c6c7c89)c54)cc(C(C)(C)C)c1. The van der Waals surface area contributed by atoms with Crippen LogP contribution in [0.25, 0.3) is 119 Å². The van der Waals surface area contributed by atoms with Crippen LogP contribution in [0.3, 0.4) is 0 Å². The van der Waals surface area contributed by atoms with Crippen molar-refractivity contribution >= 4 is 97.0 Å². The van der Waals surface area contributed by atoms with Gasteiger partial charge in [-0.25, -0.2) is 0 Å². The summed E-state index contributed by atoms with van der Waals surface area (Å²) in [4.78, 5) is 0. The lowest BCUT2D eigenvalue weighted by molar-refractivity contribution is 0.568. The normalized spacial score (nSPS) is 13.8. The Labute approximate surface area is 403 Å². The van der Waals surface area contributed by atoms with Crippen LogP contribution < -0.4 is 0 Å². The molecule has 0 N–H and O–H groups in total. The highest BCUT2D eigenvalue weighted by Gasteiger charge is 2.31. The molecule has 0 aliphatic heterocycles. The van der Waals surface area contributed by atoms with E-state index in [-0.39, 0.29) is 27.1 Å². The van der Waals surface area contributed by atoms with Gasteiger partial charge in [-0.2, -0.15) is 0 Å². The molecule has 0 unspecified atom stereocenters. The van der Waals surface area contributed by atoms with Crippen molar-refractivity contribution < 1.29 is 0 Å². The molecule has 338 valence electrons. The van der Waals surface area contributed by atoms with E-state index >= 15 is 0 Å². The van der Waals surface area contributed by atoms with Gasteiger partial charge in [0.25, 0.3) is 0 Å². The van der Waals surface area contributed by atoms with Crippen molar-refractivity contribution in [1.82, 2.24) is 0 Å². The summed E-state index contributed by atoms with van der Waals surface area (Å²) in [5.74, 6) is 0. The fourth-order valence-electron chi connectivity index (χ4n) is 12.0. The molecule has 12 aromatic carbocycles. The molecule has 68 heavy (non-hydrogen) atoms. The van der Waals surface area contributed by atoms with Crippen molar-refractivity contribution in [2.75, 3.05) is 0 Å². The van der Waals surface area contributed by atoms with E-state index in [0.717, 1.165) is 0 Å². The van der Waals surface area contributed by atoms with Crippen LogP contribution in [0.1, 0.15) is 132 Å². The zero-order valence-electron chi connectivity index (χ0n) is 43.1. The van der Waals surface area contributed by atoms with Crippen molar-refractivity contribution in [3.05, 3.63) is 155 Å². The number of benzene rings is 10. The van der Waals surface area contributed by atoms with E-state index in [4.69, 9.17) is 0 Å². The van der Waals surface area contributed by atoms with Gasteiger partial charge < -0.3 is 0 Å². The van der Waals surface area contributed by atoms with E-state index in [2.05, 4.69) is 231 Å². The smallest absolute Gasteiger partial charge is 0.000717 e. The Balaban J connectivity index is 1.44. The van der Waals surface area contributed by atoms with Crippen LogP contribution in [0.2, 0.25) is 0 Å². The Morgan fingerprint density at radius 3 is 1.24 bits per heavy atom. The first kappa shape index (κ1) is 43.1. The second-order valence-corrected chi connectivity index (χ2v) is 25.8. The third-order valence-corrected chi connectivity index (χ3v) is 15.9. The van der Waals surface area contributed by atoms with Gasteiger partial charge in [-0.15, -0.1) is 0 Å². The average molecular weight is 883 g/mol. The highest BCUT2D eigenvalue weighted by molar-refractivity contribution is 6.47. The van der Waals surface area contributed by atoms with Crippen molar-refractivity contribution in [3.8, 4) is 22.3 Å². The van der Waals surface area contributed by atoms with E-state index < -0.39 is 0 Å². The minimum Gasteiger partial charge on any atom is -0.0616 e. The maximum absolute atomic E-state index is 2.62. The first-order valence-corrected chi connectivity index (χ1v) is 25.2. The zero-order valence-corrected chi connectivity index (χ0v) is 43.1. The van der Waals surface area contributed by atoms with Gasteiger partial charge in [0.1, 0.15) is 0 Å². The highest BCUT2D eigenvalue weighted by atomic mass is 14.3. The van der Waals surface area contributed by atoms with Gasteiger partial charge in [0.2, 0.25) is 0 Å². The van der Waals surface area contributed by atoms with Gasteiger partial charge in [-0.1, -0.05) is 219 Å². The molecule has 0 aromatic heterocycles. The van der Waals surface area contributed by atoms with Crippen molar-refractivity contribution in [2.24, 2.45) is 0 Å². The third-order valence-electron chi connectivity index (χ3n) is 15.9. The quantitative estimate of drug-likeness (QED) is 0.152. The van der Waals surface area contributed by atoms with E-state index in [0.29, 0.717) is 0 Å². The Kier molecular flexibility index (Phi) is 8.69. The summed E-state index contributed by atoms with van der Waals surface area (Å²) >= 11 is 0. The molecule has 0 bridgehead atoms. The topological polar surface area (TPSA) is 0 Å². The second-order valence-electron chi connectivity index (χ2n) is 25.8. The molecule has 0 saturated carbocycles. The molecule has 0 amide bonds. The minimum absolute atomic E-state index is 0.000845. The maximum atomic E-state index is 2.62. The molecule has 0 aliphatic rings.